The van der Waals surface area contributed by atoms with Crippen molar-refractivity contribution >= 4 is 11.5 Å². The fourth-order valence-electron chi connectivity index (χ4n) is 2.26. The second-order valence-electron chi connectivity index (χ2n) is 5.32. The Balaban J connectivity index is 2.49. The first-order valence-corrected chi connectivity index (χ1v) is 6.48. The number of hydrogen-bond donors (Lipinski definition) is 2. The zero-order chi connectivity index (χ0) is 14.9. The molecule has 106 valence electrons. The van der Waals surface area contributed by atoms with E-state index < -0.39 is 4.92 Å². The topological polar surface area (TPSA) is 97.8 Å². The van der Waals surface area contributed by atoms with Gasteiger partial charge in [-0.15, -0.1) is 0 Å². The van der Waals surface area contributed by atoms with E-state index in [1.165, 1.54) is 6.07 Å². The van der Waals surface area contributed by atoms with Crippen LogP contribution in [0.3, 0.4) is 0 Å². The van der Waals surface area contributed by atoms with Gasteiger partial charge in [-0.25, -0.2) is 0 Å². The van der Waals surface area contributed by atoms with Crippen molar-refractivity contribution < 1.29 is 4.92 Å². The highest BCUT2D eigenvalue weighted by molar-refractivity contribution is 5.72. The van der Waals surface area contributed by atoms with Crippen molar-refractivity contribution in [1.82, 2.24) is 10.2 Å². The maximum atomic E-state index is 10.8. The molecule has 0 aliphatic carbocycles. The zero-order valence-corrected chi connectivity index (χ0v) is 11.8. The van der Waals surface area contributed by atoms with Crippen molar-refractivity contribution in [2.45, 2.75) is 27.2 Å². The van der Waals surface area contributed by atoms with E-state index >= 15 is 0 Å². The van der Waals surface area contributed by atoms with Gasteiger partial charge >= 0.3 is 0 Å². The van der Waals surface area contributed by atoms with Gasteiger partial charge in [0.25, 0.3) is 5.69 Å². The second-order valence-corrected chi connectivity index (χ2v) is 5.32. The fourth-order valence-corrected chi connectivity index (χ4v) is 2.26. The number of hydrogen-bond acceptors (Lipinski definition) is 4. The van der Waals surface area contributed by atoms with E-state index in [2.05, 4.69) is 24.0 Å². The van der Waals surface area contributed by atoms with Crippen molar-refractivity contribution in [3.05, 3.63) is 39.4 Å². The number of anilines is 1. The highest BCUT2D eigenvalue weighted by Gasteiger charge is 2.17. The molecule has 2 aromatic rings. The zero-order valence-electron chi connectivity index (χ0n) is 11.8. The number of aromatic amines is 1. The van der Waals surface area contributed by atoms with Crippen LogP contribution in [0.25, 0.3) is 11.3 Å². The summed E-state index contributed by atoms with van der Waals surface area (Å²) in [5.41, 5.74) is 9.54. The van der Waals surface area contributed by atoms with Crippen molar-refractivity contribution in [3.63, 3.8) is 0 Å². The Bertz CT molecular complexity index is 647. The lowest BCUT2D eigenvalue weighted by Gasteiger charge is -2.09. The van der Waals surface area contributed by atoms with E-state index in [0.717, 1.165) is 28.8 Å². The smallest absolute Gasteiger partial charge is 0.269 e. The van der Waals surface area contributed by atoms with Gasteiger partial charge in [-0.3, -0.25) is 15.2 Å². The van der Waals surface area contributed by atoms with Crippen LogP contribution >= 0.6 is 0 Å². The number of H-pyrrole nitrogens is 1. The van der Waals surface area contributed by atoms with Gasteiger partial charge in [0.05, 0.1) is 10.6 Å². The minimum absolute atomic E-state index is 0.0872. The van der Waals surface area contributed by atoms with Crippen LogP contribution in [0.5, 0.6) is 0 Å². The summed E-state index contributed by atoms with van der Waals surface area (Å²) >= 11 is 0. The van der Waals surface area contributed by atoms with Crippen LogP contribution in [0.4, 0.5) is 11.5 Å². The first kappa shape index (κ1) is 14.0. The molecule has 0 saturated heterocycles. The molecule has 0 saturated carbocycles. The minimum atomic E-state index is -0.396. The normalized spacial score (nSPS) is 11.0. The third kappa shape index (κ3) is 2.64. The lowest BCUT2D eigenvalue weighted by molar-refractivity contribution is -0.384. The van der Waals surface area contributed by atoms with Gasteiger partial charge in [0, 0.05) is 23.3 Å². The average Bonchev–Trinajstić information content (AvgIpc) is 2.70. The second kappa shape index (κ2) is 5.32. The number of non-ortho nitro benzene ring substituents is 1. The van der Waals surface area contributed by atoms with Gasteiger partial charge in [-0.1, -0.05) is 13.8 Å². The van der Waals surface area contributed by atoms with Crippen LogP contribution in [0.1, 0.15) is 25.0 Å². The van der Waals surface area contributed by atoms with E-state index in [1.54, 1.807) is 12.1 Å². The molecule has 6 nitrogen and oxygen atoms in total. The van der Waals surface area contributed by atoms with E-state index in [9.17, 15) is 10.1 Å². The van der Waals surface area contributed by atoms with Crippen molar-refractivity contribution in [2.75, 3.05) is 5.73 Å². The Kier molecular flexibility index (Phi) is 3.74. The van der Waals surface area contributed by atoms with E-state index in [0.29, 0.717) is 11.7 Å². The number of rotatable bonds is 4. The summed E-state index contributed by atoms with van der Waals surface area (Å²) in [5, 5.41) is 17.8. The molecule has 0 atom stereocenters. The Morgan fingerprint density at radius 2 is 2.15 bits per heavy atom. The summed E-state index contributed by atoms with van der Waals surface area (Å²) in [7, 11) is 0. The van der Waals surface area contributed by atoms with E-state index in [4.69, 9.17) is 5.73 Å². The molecule has 0 bridgehead atoms. The standard InChI is InChI=1S/C14H18N4O2/c1-8(2)6-12-13(16-17-14(12)15)11-5-4-10(18(19)20)7-9(11)3/h4-5,7-8H,6H2,1-3H3,(H3,15,16,17). The molecule has 0 spiro atoms. The Hall–Kier alpha value is -2.37. The molecule has 2 rings (SSSR count). The van der Waals surface area contributed by atoms with Gasteiger partial charge < -0.3 is 5.73 Å². The molecule has 20 heavy (non-hydrogen) atoms. The number of nitrogens with zero attached hydrogens (tertiary/aromatic N) is 2. The number of benzene rings is 1. The van der Waals surface area contributed by atoms with E-state index in [-0.39, 0.29) is 5.69 Å². The summed E-state index contributed by atoms with van der Waals surface area (Å²) in [6, 6.07) is 4.80. The third-order valence-corrected chi connectivity index (χ3v) is 3.20. The van der Waals surface area contributed by atoms with Crippen molar-refractivity contribution in [1.29, 1.82) is 0 Å². The maximum Gasteiger partial charge on any atom is 0.269 e. The Morgan fingerprint density at radius 1 is 1.45 bits per heavy atom. The number of aromatic nitrogens is 2. The summed E-state index contributed by atoms with van der Waals surface area (Å²) in [6.07, 6.45) is 0.814. The van der Waals surface area contributed by atoms with Crippen LogP contribution < -0.4 is 5.73 Å². The first-order valence-electron chi connectivity index (χ1n) is 6.48. The molecule has 3 N–H and O–H groups in total. The van der Waals surface area contributed by atoms with Crippen LogP contribution in [0.2, 0.25) is 0 Å². The number of nitrogen functional groups attached to an aromatic ring is 1. The predicted octanol–water partition coefficient (Wildman–Crippen LogP) is 3.07. The average molecular weight is 274 g/mol. The van der Waals surface area contributed by atoms with Crippen LogP contribution in [0.15, 0.2) is 18.2 Å². The van der Waals surface area contributed by atoms with Crippen LogP contribution in [-0.2, 0) is 6.42 Å². The molecule has 6 heteroatoms. The van der Waals surface area contributed by atoms with Crippen LogP contribution in [0, 0.1) is 23.0 Å². The summed E-state index contributed by atoms with van der Waals surface area (Å²) < 4.78 is 0. The monoisotopic (exact) mass is 274 g/mol. The minimum Gasteiger partial charge on any atom is -0.382 e. The van der Waals surface area contributed by atoms with E-state index in [1.807, 2.05) is 6.92 Å². The quantitative estimate of drug-likeness (QED) is 0.661. The highest BCUT2D eigenvalue weighted by atomic mass is 16.6. The Morgan fingerprint density at radius 3 is 2.70 bits per heavy atom. The molecule has 1 aromatic heterocycles. The van der Waals surface area contributed by atoms with Crippen LogP contribution in [-0.4, -0.2) is 15.1 Å². The lowest BCUT2D eigenvalue weighted by atomic mass is 9.96. The summed E-state index contributed by atoms with van der Waals surface area (Å²) in [5.74, 6) is 0.943. The predicted molar refractivity (Wildman–Crippen MR) is 78.4 cm³/mol. The molecule has 0 aliphatic heterocycles. The maximum absolute atomic E-state index is 10.8. The lowest BCUT2D eigenvalue weighted by Crippen LogP contribution is -1.99. The molecule has 0 radical (unpaired) electrons. The molecule has 1 aromatic carbocycles. The van der Waals surface area contributed by atoms with Gasteiger partial charge in [-0.2, -0.15) is 5.10 Å². The van der Waals surface area contributed by atoms with Gasteiger partial charge in [0.15, 0.2) is 0 Å². The largest absolute Gasteiger partial charge is 0.382 e. The third-order valence-electron chi connectivity index (χ3n) is 3.20. The SMILES string of the molecule is Cc1cc([N+](=O)[O-])ccc1-c1[nH]nc(N)c1CC(C)C. The molecule has 0 aliphatic rings. The number of nitro groups is 1. The highest BCUT2D eigenvalue weighted by Crippen LogP contribution is 2.31. The molecule has 0 unspecified atom stereocenters. The number of nitro benzene ring substituents is 1. The summed E-state index contributed by atoms with van der Waals surface area (Å²) in [4.78, 5) is 10.4. The summed E-state index contributed by atoms with van der Waals surface area (Å²) in [6.45, 7) is 6.07. The van der Waals surface area contributed by atoms with Crippen molar-refractivity contribution in [3.8, 4) is 11.3 Å². The number of aryl methyl sites for hydroxylation is 1. The van der Waals surface area contributed by atoms with Crippen molar-refractivity contribution in [2.24, 2.45) is 5.92 Å². The number of nitrogens with one attached hydrogen (secondary N) is 1. The van der Waals surface area contributed by atoms with Gasteiger partial charge in [-0.05, 0) is 30.9 Å². The molecular weight excluding hydrogens is 256 g/mol. The molecule has 0 fully saturated rings. The molecular formula is C14H18N4O2. The number of nitrogens with two attached hydrogens (primary N) is 1. The Labute approximate surface area is 117 Å². The molecule has 1 heterocycles. The van der Waals surface area contributed by atoms with Gasteiger partial charge in [0.1, 0.15) is 5.82 Å². The fraction of sp³-hybridized carbons (Fsp3) is 0.357. The first-order chi connectivity index (χ1) is 9.40. The molecule has 0 amide bonds. The van der Waals surface area contributed by atoms with Gasteiger partial charge in [0.2, 0.25) is 0 Å².